The lowest BCUT2D eigenvalue weighted by Gasteiger charge is -2.18. The van der Waals surface area contributed by atoms with Crippen molar-refractivity contribution in [2.24, 2.45) is 0 Å². The molecule has 6 heteroatoms. The van der Waals surface area contributed by atoms with Crippen molar-refractivity contribution in [3.8, 4) is 17.2 Å². The number of rotatable bonds is 7. The van der Waals surface area contributed by atoms with Crippen molar-refractivity contribution in [1.82, 2.24) is 0 Å². The van der Waals surface area contributed by atoms with Crippen LogP contribution in [0.25, 0.3) is 0 Å². The molecule has 1 N–H and O–H groups in total. The number of hydrogen-bond donors (Lipinski definition) is 1. The van der Waals surface area contributed by atoms with E-state index in [9.17, 15) is 4.79 Å². The Labute approximate surface area is 165 Å². The number of halogens is 1. The summed E-state index contributed by atoms with van der Waals surface area (Å²) < 4.78 is 16.3. The van der Waals surface area contributed by atoms with Crippen molar-refractivity contribution in [2.75, 3.05) is 19.5 Å². The second kappa shape index (κ2) is 9.00. The highest BCUT2D eigenvalue weighted by molar-refractivity contribution is 6.32. The van der Waals surface area contributed by atoms with Gasteiger partial charge >= 0.3 is 0 Å². The minimum absolute atomic E-state index is 0.303. The molecule has 0 aromatic heterocycles. The molecule has 27 heavy (non-hydrogen) atoms. The van der Waals surface area contributed by atoms with Crippen LogP contribution in [0, 0.1) is 6.92 Å². The molecular weight excluding hydrogens is 366 g/mol. The Morgan fingerprint density at radius 2 is 1.70 bits per heavy atom. The molecule has 1 amide bonds. The topological polar surface area (TPSA) is 56.8 Å². The third kappa shape index (κ3) is 5.07. The highest BCUT2D eigenvalue weighted by atomic mass is 35.5. The van der Waals surface area contributed by atoms with Crippen molar-refractivity contribution in [3.63, 3.8) is 0 Å². The summed E-state index contributed by atoms with van der Waals surface area (Å²) in [5.41, 5.74) is 2.86. The molecule has 0 aliphatic heterocycles. The minimum atomic E-state index is -0.694. The van der Waals surface area contributed by atoms with Gasteiger partial charge < -0.3 is 19.5 Å². The number of carbonyl (C=O) groups excluding carboxylic acids is 1. The van der Waals surface area contributed by atoms with Crippen LogP contribution in [0.4, 0.5) is 5.69 Å². The highest BCUT2D eigenvalue weighted by Gasteiger charge is 2.19. The molecule has 0 aliphatic rings. The number of aryl methyl sites for hydroxylation is 1. The van der Waals surface area contributed by atoms with E-state index < -0.39 is 6.10 Å². The molecule has 5 nitrogen and oxygen atoms in total. The Hall–Kier alpha value is -2.40. The molecule has 146 valence electrons. The van der Waals surface area contributed by atoms with Crippen LogP contribution in [0.5, 0.6) is 17.2 Å². The van der Waals surface area contributed by atoms with Crippen molar-refractivity contribution in [3.05, 3.63) is 46.5 Å². The number of ether oxygens (including phenoxy) is 3. The Bertz CT molecular complexity index is 820. The fourth-order valence-corrected chi connectivity index (χ4v) is 3.05. The molecule has 0 saturated heterocycles. The summed E-state index contributed by atoms with van der Waals surface area (Å²) >= 11 is 6.09. The van der Waals surface area contributed by atoms with Gasteiger partial charge in [-0.1, -0.05) is 31.5 Å². The Morgan fingerprint density at radius 3 is 2.26 bits per heavy atom. The molecule has 2 aromatic carbocycles. The zero-order valence-corrected chi connectivity index (χ0v) is 17.3. The van der Waals surface area contributed by atoms with Gasteiger partial charge in [-0.15, -0.1) is 0 Å². The predicted molar refractivity (Wildman–Crippen MR) is 109 cm³/mol. The van der Waals surface area contributed by atoms with Crippen LogP contribution in [0.15, 0.2) is 30.3 Å². The average molecular weight is 392 g/mol. The summed E-state index contributed by atoms with van der Waals surface area (Å²) in [5, 5.41) is 3.20. The van der Waals surface area contributed by atoms with Gasteiger partial charge in [-0.2, -0.15) is 0 Å². The van der Waals surface area contributed by atoms with Crippen LogP contribution in [0.1, 0.15) is 37.8 Å². The van der Waals surface area contributed by atoms with E-state index in [2.05, 4.69) is 19.2 Å². The van der Waals surface area contributed by atoms with Gasteiger partial charge in [0, 0.05) is 12.1 Å². The third-order valence-corrected chi connectivity index (χ3v) is 4.57. The van der Waals surface area contributed by atoms with Crippen LogP contribution in [0.3, 0.4) is 0 Å². The number of benzene rings is 2. The summed E-state index contributed by atoms with van der Waals surface area (Å²) in [6.45, 7) is 8.03. The van der Waals surface area contributed by atoms with E-state index in [0.717, 1.165) is 5.56 Å². The normalized spacial score (nSPS) is 11.9. The van der Waals surface area contributed by atoms with Crippen molar-refractivity contribution in [1.29, 1.82) is 0 Å². The lowest BCUT2D eigenvalue weighted by atomic mass is 9.98. The smallest absolute Gasteiger partial charge is 0.265 e. The molecule has 0 fully saturated rings. The maximum absolute atomic E-state index is 12.6. The maximum atomic E-state index is 12.6. The molecule has 0 saturated carbocycles. The fourth-order valence-electron chi connectivity index (χ4n) is 2.82. The van der Waals surface area contributed by atoms with Gasteiger partial charge in [0.15, 0.2) is 6.10 Å². The monoisotopic (exact) mass is 391 g/mol. The molecule has 0 aliphatic carbocycles. The third-order valence-electron chi connectivity index (χ3n) is 4.28. The quantitative estimate of drug-likeness (QED) is 0.705. The van der Waals surface area contributed by atoms with Gasteiger partial charge in [0.05, 0.1) is 24.9 Å². The van der Waals surface area contributed by atoms with E-state index in [4.69, 9.17) is 25.8 Å². The molecule has 2 aromatic rings. The predicted octanol–water partition coefficient (Wildman–Crippen LogP) is 5.20. The summed E-state index contributed by atoms with van der Waals surface area (Å²) in [7, 11) is 3.01. The van der Waals surface area contributed by atoms with E-state index in [0.29, 0.717) is 33.9 Å². The molecule has 0 spiro atoms. The summed E-state index contributed by atoms with van der Waals surface area (Å²) in [4.78, 5) is 12.6. The molecule has 1 unspecified atom stereocenters. The first-order chi connectivity index (χ1) is 12.8. The molecular formula is C21H26ClNO4. The Balaban J connectivity index is 2.13. The second-order valence-electron chi connectivity index (χ2n) is 6.61. The van der Waals surface area contributed by atoms with Crippen LogP contribution < -0.4 is 19.5 Å². The number of hydrogen-bond acceptors (Lipinski definition) is 4. The molecule has 0 bridgehead atoms. The number of amides is 1. The largest absolute Gasteiger partial charge is 0.495 e. The van der Waals surface area contributed by atoms with Crippen LogP contribution in [0.2, 0.25) is 5.02 Å². The van der Waals surface area contributed by atoms with Crippen molar-refractivity contribution >= 4 is 23.2 Å². The van der Waals surface area contributed by atoms with Gasteiger partial charge in [-0.3, -0.25) is 4.79 Å². The number of methoxy groups -OCH3 is 2. The van der Waals surface area contributed by atoms with Crippen molar-refractivity contribution in [2.45, 2.75) is 39.7 Å². The van der Waals surface area contributed by atoms with Gasteiger partial charge in [-0.05, 0) is 43.0 Å². The fraction of sp³-hybridized carbons (Fsp3) is 0.381. The highest BCUT2D eigenvalue weighted by Crippen LogP contribution is 2.36. The van der Waals surface area contributed by atoms with Crippen LogP contribution >= 0.6 is 11.6 Å². The Morgan fingerprint density at radius 1 is 1.04 bits per heavy atom. The van der Waals surface area contributed by atoms with E-state index >= 15 is 0 Å². The van der Waals surface area contributed by atoms with E-state index in [1.54, 1.807) is 19.1 Å². The molecule has 1 atom stereocenters. The van der Waals surface area contributed by atoms with Crippen LogP contribution in [-0.2, 0) is 4.79 Å². The number of carbonyl (C=O) groups is 1. The van der Waals surface area contributed by atoms with Crippen molar-refractivity contribution < 1.29 is 19.0 Å². The van der Waals surface area contributed by atoms with Gasteiger partial charge in [0.1, 0.15) is 17.2 Å². The first kappa shape index (κ1) is 20.9. The second-order valence-corrected chi connectivity index (χ2v) is 7.02. The summed E-state index contributed by atoms with van der Waals surface area (Å²) in [6.07, 6.45) is -0.694. The van der Waals surface area contributed by atoms with Gasteiger partial charge in [0.25, 0.3) is 5.91 Å². The molecule has 0 radical (unpaired) electrons. The van der Waals surface area contributed by atoms with Gasteiger partial charge in [-0.25, -0.2) is 0 Å². The number of nitrogens with one attached hydrogen (secondary N) is 1. The molecule has 0 heterocycles. The van der Waals surface area contributed by atoms with Crippen LogP contribution in [-0.4, -0.2) is 26.2 Å². The first-order valence-electron chi connectivity index (χ1n) is 8.76. The SMILES string of the molecule is COc1cc(NC(=O)C(C)Oc2ccc(C(C)C)c(C)c2)c(OC)cc1Cl. The number of anilines is 1. The first-order valence-corrected chi connectivity index (χ1v) is 9.14. The Kier molecular flexibility index (Phi) is 6.97. The zero-order valence-electron chi connectivity index (χ0n) is 16.6. The lowest BCUT2D eigenvalue weighted by molar-refractivity contribution is -0.122. The average Bonchev–Trinajstić information content (AvgIpc) is 2.62. The van der Waals surface area contributed by atoms with Gasteiger partial charge in [0.2, 0.25) is 0 Å². The standard InChI is InChI=1S/C21H26ClNO4/c1-12(2)16-8-7-15(9-13(16)3)27-14(4)21(24)23-18-11-19(25-5)17(22)10-20(18)26-6/h7-12,14H,1-6H3,(H,23,24). The maximum Gasteiger partial charge on any atom is 0.265 e. The minimum Gasteiger partial charge on any atom is -0.495 e. The lowest BCUT2D eigenvalue weighted by Crippen LogP contribution is -2.30. The summed E-state index contributed by atoms with van der Waals surface area (Å²) in [5.74, 6) is 1.68. The van der Waals surface area contributed by atoms with E-state index in [1.165, 1.54) is 19.8 Å². The van der Waals surface area contributed by atoms with E-state index in [-0.39, 0.29) is 5.91 Å². The summed E-state index contributed by atoms with van der Waals surface area (Å²) in [6, 6.07) is 9.08. The zero-order chi connectivity index (χ0) is 20.1. The molecule has 2 rings (SSSR count). The van der Waals surface area contributed by atoms with E-state index in [1.807, 2.05) is 25.1 Å².